The predicted molar refractivity (Wildman–Crippen MR) is 88.6 cm³/mol. The van der Waals surface area contributed by atoms with Crippen LogP contribution in [0.5, 0.6) is 0 Å². The molecule has 0 radical (unpaired) electrons. The van der Waals surface area contributed by atoms with E-state index >= 15 is 0 Å². The molecule has 1 spiro atoms. The molecule has 0 aliphatic carbocycles. The number of anilines is 1. The molecule has 0 amide bonds. The highest BCUT2D eigenvalue weighted by molar-refractivity contribution is 5.94. The summed E-state index contributed by atoms with van der Waals surface area (Å²) in [6.45, 7) is 4.50. The van der Waals surface area contributed by atoms with Gasteiger partial charge in [-0.2, -0.15) is 4.98 Å². The van der Waals surface area contributed by atoms with Crippen LogP contribution >= 0.6 is 0 Å². The second-order valence-electron chi connectivity index (χ2n) is 6.92. The number of hydrogen-bond acceptors (Lipinski definition) is 6. The zero-order valence-corrected chi connectivity index (χ0v) is 13.3. The van der Waals surface area contributed by atoms with Crippen molar-refractivity contribution in [2.75, 3.05) is 38.5 Å². The van der Waals surface area contributed by atoms with E-state index in [-0.39, 0.29) is 5.54 Å². The molecular formula is C16H21N7. The van der Waals surface area contributed by atoms with Crippen LogP contribution in [0.25, 0.3) is 5.65 Å². The molecule has 6 rings (SSSR count). The van der Waals surface area contributed by atoms with Crippen molar-refractivity contribution in [2.45, 2.75) is 18.4 Å². The van der Waals surface area contributed by atoms with Crippen LogP contribution in [0.15, 0.2) is 29.4 Å². The van der Waals surface area contributed by atoms with Crippen molar-refractivity contribution < 1.29 is 0 Å². The third-order valence-electron chi connectivity index (χ3n) is 5.80. The standard InChI is InChI=1S/C16H21N7/c1-21-15(19-14-18-13-4-2-3-7-23(13)20-14)17-10-16(21)11-22-8-5-12(16)6-9-22/h2-4,7,12H,5-6,8-11H2,1H3,(H,17,19,20). The van der Waals surface area contributed by atoms with E-state index in [2.05, 4.69) is 32.2 Å². The monoisotopic (exact) mass is 311 g/mol. The van der Waals surface area contributed by atoms with Crippen LogP contribution in [0.1, 0.15) is 12.8 Å². The number of nitrogens with one attached hydrogen (secondary N) is 1. The van der Waals surface area contributed by atoms with E-state index in [1.165, 1.54) is 25.9 Å². The van der Waals surface area contributed by atoms with Crippen LogP contribution in [0.2, 0.25) is 0 Å². The molecule has 1 unspecified atom stereocenters. The fraction of sp³-hybridized carbons (Fsp3) is 0.562. The molecule has 7 nitrogen and oxygen atoms in total. The van der Waals surface area contributed by atoms with Gasteiger partial charge in [0.15, 0.2) is 5.65 Å². The average Bonchev–Trinajstić information content (AvgIpc) is 3.13. The van der Waals surface area contributed by atoms with Gasteiger partial charge in [-0.05, 0) is 44.0 Å². The van der Waals surface area contributed by atoms with E-state index in [0.29, 0.717) is 5.95 Å². The summed E-state index contributed by atoms with van der Waals surface area (Å²) >= 11 is 0. The Morgan fingerprint density at radius 2 is 2.13 bits per heavy atom. The highest BCUT2D eigenvalue weighted by atomic mass is 15.4. The SMILES string of the molecule is CN1C(Nc2nc3ccccn3n2)=NCC12CN1CCC2CC1. The van der Waals surface area contributed by atoms with Crippen LogP contribution in [0, 0.1) is 5.92 Å². The van der Waals surface area contributed by atoms with Crippen molar-refractivity contribution in [2.24, 2.45) is 10.9 Å². The van der Waals surface area contributed by atoms with Crippen molar-refractivity contribution >= 4 is 17.6 Å². The summed E-state index contributed by atoms with van der Waals surface area (Å²) in [5, 5.41) is 7.79. The molecule has 23 heavy (non-hydrogen) atoms. The van der Waals surface area contributed by atoms with Crippen LogP contribution in [0.3, 0.4) is 0 Å². The molecule has 3 saturated heterocycles. The molecule has 0 saturated carbocycles. The molecule has 1 N–H and O–H groups in total. The highest BCUT2D eigenvalue weighted by Gasteiger charge is 2.52. The Labute approximate surface area is 135 Å². The number of pyridine rings is 1. The van der Waals surface area contributed by atoms with Gasteiger partial charge >= 0.3 is 0 Å². The molecule has 4 aliphatic heterocycles. The average molecular weight is 311 g/mol. The lowest BCUT2D eigenvalue weighted by molar-refractivity contribution is -0.0199. The number of rotatable bonds is 1. The quantitative estimate of drug-likeness (QED) is 0.848. The first-order valence-electron chi connectivity index (χ1n) is 8.34. The summed E-state index contributed by atoms with van der Waals surface area (Å²) in [7, 11) is 2.16. The lowest BCUT2D eigenvalue weighted by atomic mass is 9.72. The van der Waals surface area contributed by atoms with Crippen molar-refractivity contribution in [1.29, 1.82) is 0 Å². The topological polar surface area (TPSA) is 61.1 Å². The summed E-state index contributed by atoms with van der Waals surface area (Å²) in [6.07, 6.45) is 4.49. The Morgan fingerprint density at radius 3 is 2.87 bits per heavy atom. The molecule has 2 aromatic heterocycles. The van der Waals surface area contributed by atoms with E-state index in [1.807, 2.05) is 24.4 Å². The van der Waals surface area contributed by atoms with Gasteiger partial charge in [0.1, 0.15) is 0 Å². The second kappa shape index (κ2) is 4.67. The zero-order chi connectivity index (χ0) is 15.4. The predicted octanol–water partition coefficient (Wildman–Crippen LogP) is 0.907. The number of fused-ring (bicyclic) bond motifs is 3. The molecule has 4 aliphatic rings. The van der Waals surface area contributed by atoms with Gasteiger partial charge in [-0.25, -0.2) is 4.52 Å². The van der Waals surface area contributed by atoms with Crippen molar-refractivity contribution in [3.63, 3.8) is 0 Å². The number of aromatic nitrogens is 3. The molecule has 6 heterocycles. The molecule has 2 aromatic rings. The fourth-order valence-corrected chi connectivity index (χ4v) is 4.45. The summed E-state index contributed by atoms with van der Waals surface area (Å²) in [5.41, 5.74) is 1.01. The minimum atomic E-state index is 0.165. The Morgan fingerprint density at radius 1 is 1.26 bits per heavy atom. The summed E-state index contributed by atoms with van der Waals surface area (Å²) < 4.78 is 1.78. The van der Waals surface area contributed by atoms with Crippen LogP contribution < -0.4 is 5.32 Å². The summed E-state index contributed by atoms with van der Waals surface area (Å²) in [6, 6.07) is 5.87. The third kappa shape index (κ3) is 1.89. The normalized spacial score (nSPS) is 32.7. The Bertz CT molecular complexity index is 741. The van der Waals surface area contributed by atoms with E-state index in [0.717, 1.165) is 30.6 Å². The maximum absolute atomic E-state index is 4.79. The van der Waals surface area contributed by atoms with Gasteiger partial charge in [-0.15, -0.1) is 5.10 Å². The van der Waals surface area contributed by atoms with Crippen LogP contribution in [0.4, 0.5) is 5.95 Å². The second-order valence-corrected chi connectivity index (χ2v) is 6.92. The number of piperidine rings is 3. The number of guanidine groups is 1. The first kappa shape index (κ1) is 13.3. The van der Waals surface area contributed by atoms with Crippen LogP contribution in [-0.2, 0) is 0 Å². The number of nitrogens with zero attached hydrogens (tertiary/aromatic N) is 6. The van der Waals surface area contributed by atoms with E-state index in [9.17, 15) is 0 Å². The van der Waals surface area contributed by atoms with Gasteiger partial charge in [-0.3, -0.25) is 10.3 Å². The number of likely N-dealkylation sites (N-methyl/N-ethyl adjacent to an activating group) is 1. The highest BCUT2D eigenvalue weighted by Crippen LogP contribution is 2.41. The first-order valence-corrected chi connectivity index (χ1v) is 8.34. The zero-order valence-electron chi connectivity index (χ0n) is 13.3. The maximum Gasteiger partial charge on any atom is 0.249 e. The van der Waals surface area contributed by atoms with Crippen molar-refractivity contribution in [1.82, 2.24) is 24.4 Å². The van der Waals surface area contributed by atoms with Gasteiger partial charge in [0.2, 0.25) is 11.9 Å². The van der Waals surface area contributed by atoms with Gasteiger partial charge in [0.25, 0.3) is 0 Å². The van der Waals surface area contributed by atoms with Crippen molar-refractivity contribution in [3.05, 3.63) is 24.4 Å². The smallest absolute Gasteiger partial charge is 0.249 e. The van der Waals surface area contributed by atoms with Gasteiger partial charge in [-0.1, -0.05) is 6.07 Å². The lowest BCUT2D eigenvalue weighted by Crippen LogP contribution is -2.66. The van der Waals surface area contributed by atoms with E-state index < -0.39 is 0 Å². The molecule has 7 heteroatoms. The number of hydrogen-bond donors (Lipinski definition) is 1. The molecule has 0 aromatic carbocycles. The Balaban J connectivity index is 1.40. The summed E-state index contributed by atoms with van der Waals surface area (Å²) in [5.74, 6) is 2.25. The van der Waals surface area contributed by atoms with Crippen LogP contribution in [-0.4, -0.2) is 69.1 Å². The molecule has 2 bridgehead atoms. The largest absolute Gasteiger partial charge is 0.337 e. The molecule has 120 valence electrons. The van der Waals surface area contributed by atoms with Gasteiger partial charge in [0.05, 0.1) is 12.1 Å². The minimum absolute atomic E-state index is 0.165. The summed E-state index contributed by atoms with van der Waals surface area (Å²) in [4.78, 5) is 14.2. The van der Waals surface area contributed by atoms with E-state index in [1.54, 1.807) is 4.52 Å². The minimum Gasteiger partial charge on any atom is -0.337 e. The van der Waals surface area contributed by atoms with Gasteiger partial charge in [0, 0.05) is 19.8 Å². The fourth-order valence-electron chi connectivity index (χ4n) is 4.45. The molecular weight excluding hydrogens is 290 g/mol. The molecule has 3 fully saturated rings. The third-order valence-corrected chi connectivity index (χ3v) is 5.80. The van der Waals surface area contributed by atoms with Crippen molar-refractivity contribution in [3.8, 4) is 0 Å². The van der Waals surface area contributed by atoms with E-state index in [4.69, 9.17) is 4.99 Å². The lowest BCUT2D eigenvalue weighted by Gasteiger charge is -2.54. The molecule has 1 atom stereocenters. The number of aliphatic imine (C=N–C) groups is 1. The first-order chi connectivity index (χ1) is 11.2. The Hall–Kier alpha value is -2.15. The maximum atomic E-state index is 4.79. The Kier molecular flexibility index (Phi) is 2.70. The van der Waals surface area contributed by atoms with Gasteiger partial charge < -0.3 is 9.80 Å².